The number of anilines is 1. The van der Waals surface area contributed by atoms with Crippen LogP contribution in [0, 0.1) is 5.92 Å². The Morgan fingerprint density at radius 2 is 1.67 bits per heavy atom. The fourth-order valence-electron chi connectivity index (χ4n) is 5.41. The summed E-state index contributed by atoms with van der Waals surface area (Å²) in [6, 6.07) is 14.5. The lowest BCUT2D eigenvalue weighted by atomic mass is 9.90. The lowest BCUT2D eigenvalue weighted by Crippen LogP contribution is -2.48. The highest BCUT2D eigenvalue weighted by atomic mass is 16.7. The summed E-state index contributed by atoms with van der Waals surface area (Å²) in [5.74, 6) is -1.66. The quantitative estimate of drug-likeness (QED) is 0.344. The summed E-state index contributed by atoms with van der Waals surface area (Å²) in [5, 5.41) is 21.0. The maximum atomic E-state index is 13.0. The van der Waals surface area contributed by atoms with Crippen LogP contribution >= 0.6 is 0 Å². The smallest absolute Gasteiger partial charge is 0.323 e. The van der Waals surface area contributed by atoms with Gasteiger partial charge < -0.3 is 29.7 Å². The average molecular weight is 583 g/mol. The molecule has 4 rings (SSSR count). The topological polar surface area (TPSA) is 135 Å². The van der Waals surface area contributed by atoms with Crippen LogP contribution in [0.3, 0.4) is 0 Å². The number of nitrogens with one attached hydrogen (secondary N) is 1. The van der Waals surface area contributed by atoms with Gasteiger partial charge in [0.2, 0.25) is 5.91 Å². The summed E-state index contributed by atoms with van der Waals surface area (Å²) in [6.07, 6.45) is 0.0262. The van der Waals surface area contributed by atoms with Gasteiger partial charge in [0.25, 0.3) is 0 Å². The van der Waals surface area contributed by atoms with Crippen LogP contribution in [0.15, 0.2) is 48.5 Å². The predicted octanol–water partition coefficient (Wildman–Crippen LogP) is 4.58. The largest absolute Gasteiger partial charge is 0.481 e. The Hall–Kier alpha value is -3.31. The van der Waals surface area contributed by atoms with E-state index in [4.69, 9.17) is 19.3 Å². The number of rotatable bonds is 10. The number of aliphatic hydroxyl groups is 1. The number of carboxylic acid groups (broad SMARTS) is 1. The predicted molar refractivity (Wildman–Crippen MR) is 155 cm³/mol. The number of aliphatic hydroxyl groups excluding tert-OH is 1. The van der Waals surface area contributed by atoms with Gasteiger partial charge in [-0.05, 0) is 63.4 Å². The minimum absolute atomic E-state index is 0.0457. The number of likely N-dealkylation sites (tertiary alicyclic amines) is 1. The molecule has 10 heteroatoms. The van der Waals surface area contributed by atoms with Crippen molar-refractivity contribution in [1.82, 2.24) is 4.90 Å². The van der Waals surface area contributed by atoms with Gasteiger partial charge in [-0.15, -0.1) is 0 Å². The van der Waals surface area contributed by atoms with E-state index in [9.17, 15) is 19.5 Å². The SMILES string of the molecule is C[C@@H]1[C@H](CN2CCC[C@H]2C(=O)OC(C)(C)C)O[C@H](c2ccc(NC(=O)CCC(=O)O)cc2)O[C@@H]1c1ccc(CO)cc1. The Morgan fingerprint density at radius 1 is 1.00 bits per heavy atom. The monoisotopic (exact) mass is 582 g/mol. The van der Waals surface area contributed by atoms with E-state index in [2.05, 4.69) is 17.1 Å². The third-order valence-corrected chi connectivity index (χ3v) is 7.61. The first-order valence-electron chi connectivity index (χ1n) is 14.5. The molecule has 0 bridgehead atoms. The van der Waals surface area contributed by atoms with Crippen molar-refractivity contribution in [3.8, 4) is 0 Å². The zero-order chi connectivity index (χ0) is 30.4. The van der Waals surface area contributed by atoms with E-state index in [0.29, 0.717) is 12.2 Å². The molecule has 0 aromatic heterocycles. The minimum Gasteiger partial charge on any atom is -0.481 e. The van der Waals surface area contributed by atoms with E-state index in [0.717, 1.165) is 36.1 Å². The summed E-state index contributed by atoms with van der Waals surface area (Å²) >= 11 is 0. The fraction of sp³-hybridized carbons (Fsp3) is 0.531. The first-order valence-corrected chi connectivity index (χ1v) is 14.5. The van der Waals surface area contributed by atoms with E-state index in [1.807, 2.05) is 57.2 Å². The van der Waals surface area contributed by atoms with Crippen molar-refractivity contribution in [2.45, 2.75) is 90.1 Å². The van der Waals surface area contributed by atoms with Crippen molar-refractivity contribution in [3.63, 3.8) is 0 Å². The Kier molecular flexibility index (Phi) is 10.4. The van der Waals surface area contributed by atoms with Crippen LogP contribution in [-0.2, 0) is 35.2 Å². The van der Waals surface area contributed by atoms with Gasteiger partial charge in [0, 0.05) is 30.1 Å². The van der Waals surface area contributed by atoms with Crippen LogP contribution in [0.25, 0.3) is 0 Å². The number of nitrogens with zero attached hydrogens (tertiary/aromatic N) is 1. The molecule has 2 aliphatic rings. The molecule has 2 aliphatic heterocycles. The van der Waals surface area contributed by atoms with Crippen LogP contribution < -0.4 is 5.32 Å². The number of benzene rings is 2. The highest BCUT2D eigenvalue weighted by Gasteiger charge is 2.42. The zero-order valence-electron chi connectivity index (χ0n) is 24.7. The van der Waals surface area contributed by atoms with Gasteiger partial charge in [-0.1, -0.05) is 43.3 Å². The third kappa shape index (κ3) is 8.38. The van der Waals surface area contributed by atoms with Crippen LogP contribution in [-0.4, -0.2) is 63.8 Å². The zero-order valence-corrected chi connectivity index (χ0v) is 24.7. The van der Waals surface area contributed by atoms with Crippen molar-refractivity contribution >= 4 is 23.5 Å². The summed E-state index contributed by atoms with van der Waals surface area (Å²) in [7, 11) is 0. The lowest BCUT2D eigenvalue weighted by molar-refractivity contribution is -0.276. The molecule has 0 spiro atoms. The number of hydrogen-bond acceptors (Lipinski definition) is 8. The van der Waals surface area contributed by atoms with E-state index in [1.165, 1.54) is 0 Å². The van der Waals surface area contributed by atoms with E-state index < -0.39 is 17.9 Å². The maximum absolute atomic E-state index is 13.0. The Bertz CT molecular complexity index is 1220. The number of ether oxygens (including phenoxy) is 3. The van der Waals surface area contributed by atoms with E-state index in [1.54, 1.807) is 12.1 Å². The number of carboxylic acids is 1. The van der Waals surface area contributed by atoms with Crippen LogP contribution in [0.4, 0.5) is 5.69 Å². The normalized spacial score (nSPS) is 24.7. The number of amides is 1. The first kappa shape index (κ1) is 31.6. The molecular weight excluding hydrogens is 540 g/mol. The molecule has 0 unspecified atom stereocenters. The van der Waals surface area contributed by atoms with E-state index in [-0.39, 0.29) is 55.5 Å². The van der Waals surface area contributed by atoms with Gasteiger partial charge in [-0.2, -0.15) is 0 Å². The summed E-state index contributed by atoms with van der Waals surface area (Å²) in [6.45, 7) is 8.96. The number of aliphatic carboxylic acids is 1. The molecule has 2 fully saturated rings. The highest BCUT2D eigenvalue weighted by Crippen LogP contribution is 2.42. The molecule has 3 N–H and O–H groups in total. The molecule has 0 saturated carbocycles. The molecule has 228 valence electrons. The van der Waals surface area contributed by atoms with Crippen molar-refractivity contribution in [2.24, 2.45) is 5.92 Å². The minimum atomic E-state index is -1.03. The number of carbonyl (C=O) groups is 3. The molecule has 2 aromatic rings. The van der Waals surface area contributed by atoms with Crippen molar-refractivity contribution < 1.29 is 38.8 Å². The second-order valence-corrected chi connectivity index (χ2v) is 12.1. The molecule has 10 nitrogen and oxygen atoms in total. The summed E-state index contributed by atoms with van der Waals surface area (Å²) < 4.78 is 18.8. The second-order valence-electron chi connectivity index (χ2n) is 12.1. The van der Waals surface area contributed by atoms with Crippen LogP contribution in [0.5, 0.6) is 0 Å². The molecular formula is C32H42N2O8. The van der Waals surface area contributed by atoms with Gasteiger partial charge in [0.1, 0.15) is 11.6 Å². The third-order valence-electron chi connectivity index (χ3n) is 7.61. The lowest BCUT2D eigenvalue weighted by Gasteiger charge is -2.43. The van der Waals surface area contributed by atoms with Gasteiger partial charge in [-0.3, -0.25) is 19.3 Å². The van der Waals surface area contributed by atoms with Crippen molar-refractivity contribution in [3.05, 3.63) is 65.2 Å². The second kappa shape index (κ2) is 13.8. The van der Waals surface area contributed by atoms with Gasteiger partial charge in [-0.25, -0.2) is 0 Å². The van der Waals surface area contributed by atoms with Crippen molar-refractivity contribution in [2.75, 3.05) is 18.4 Å². The Labute approximate surface area is 246 Å². The highest BCUT2D eigenvalue weighted by molar-refractivity contribution is 5.92. The molecule has 0 aliphatic carbocycles. The van der Waals surface area contributed by atoms with Crippen LogP contribution in [0.1, 0.15) is 82.5 Å². The summed E-state index contributed by atoms with van der Waals surface area (Å²) in [5.41, 5.74) is 2.52. The Morgan fingerprint density at radius 3 is 2.29 bits per heavy atom. The van der Waals surface area contributed by atoms with Crippen LogP contribution in [0.2, 0.25) is 0 Å². The van der Waals surface area contributed by atoms with Crippen molar-refractivity contribution in [1.29, 1.82) is 0 Å². The molecule has 2 aromatic carbocycles. The average Bonchev–Trinajstić information content (AvgIpc) is 3.41. The standard InChI is InChI=1S/C32H42N2O8/c1-20-26(18-34-17-5-6-25(34)30(39)42-32(2,3)4)40-31(41-29(20)22-9-7-21(19-35)8-10-22)23-11-13-24(14-12-23)33-27(36)15-16-28(37)38/h7-14,20,25-26,29,31,35H,5-6,15-19H2,1-4H3,(H,33,36)(H,37,38)/t20-,25+,26+,29+,31+/m1/s1. The van der Waals surface area contributed by atoms with E-state index >= 15 is 0 Å². The maximum Gasteiger partial charge on any atom is 0.323 e. The molecule has 2 heterocycles. The van der Waals surface area contributed by atoms with Gasteiger partial charge in [0.15, 0.2) is 6.29 Å². The molecule has 42 heavy (non-hydrogen) atoms. The molecule has 0 radical (unpaired) electrons. The molecule has 2 saturated heterocycles. The Balaban J connectivity index is 1.53. The molecule has 1 amide bonds. The molecule has 5 atom stereocenters. The first-order chi connectivity index (χ1) is 19.9. The number of carbonyl (C=O) groups excluding carboxylic acids is 2. The van der Waals surface area contributed by atoms with Gasteiger partial charge in [0.05, 0.1) is 25.2 Å². The van der Waals surface area contributed by atoms with Gasteiger partial charge >= 0.3 is 11.9 Å². The number of esters is 1. The fourth-order valence-corrected chi connectivity index (χ4v) is 5.41. The summed E-state index contributed by atoms with van der Waals surface area (Å²) in [4.78, 5) is 38.0. The number of hydrogen-bond donors (Lipinski definition) is 3.